The van der Waals surface area contributed by atoms with E-state index < -0.39 is 0 Å². The van der Waals surface area contributed by atoms with Crippen molar-refractivity contribution in [2.75, 3.05) is 0 Å². The van der Waals surface area contributed by atoms with Crippen molar-refractivity contribution in [2.24, 2.45) is 5.41 Å². The molecule has 2 unspecified atom stereocenters. The van der Waals surface area contributed by atoms with Crippen LogP contribution < -0.4 is 5.32 Å². The summed E-state index contributed by atoms with van der Waals surface area (Å²) in [6.07, 6.45) is 9.91. The molecular weight excluding hydrogens is 398 g/mol. The molecule has 1 aromatic heterocycles. The van der Waals surface area contributed by atoms with Crippen molar-refractivity contribution in [2.45, 2.75) is 62.6 Å². The Kier molecular flexibility index (Phi) is 4.51. The molecule has 32 heavy (non-hydrogen) atoms. The zero-order chi connectivity index (χ0) is 21.8. The van der Waals surface area contributed by atoms with Crippen molar-refractivity contribution in [1.29, 1.82) is 0 Å². The number of carbonyl (C=O) groups excluding carboxylic acids is 1. The second-order valence-corrected chi connectivity index (χ2v) is 10.0. The Balaban J connectivity index is 1.17. The monoisotopic (exact) mass is 427 g/mol. The van der Waals surface area contributed by atoms with Crippen LogP contribution in [0.2, 0.25) is 0 Å². The molecule has 5 heteroatoms. The number of aromatic nitrogens is 2. The van der Waals surface area contributed by atoms with Crippen LogP contribution in [0.3, 0.4) is 0 Å². The van der Waals surface area contributed by atoms with Crippen LogP contribution >= 0.6 is 0 Å². The number of fused-ring (bicyclic) bond motifs is 6. The first-order chi connectivity index (χ1) is 15.6. The Morgan fingerprint density at radius 1 is 1.03 bits per heavy atom. The van der Waals surface area contributed by atoms with Crippen molar-refractivity contribution < 1.29 is 9.90 Å². The fraction of sp³-hybridized carbons (Fsp3) is 0.407. The molecular formula is C27H29N3O2. The van der Waals surface area contributed by atoms with Crippen molar-refractivity contribution in [3.05, 3.63) is 78.2 Å². The number of amides is 1. The first-order valence-electron chi connectivity index (χ1n) is 11.8. The normalized spacial score (nSPS) is 28.7. The smallest absolute Gasteiger partial charge is 0.251 e. The van der Waals surface area contributed by atoms with Crippen molar-refractivity contribution >= 4 is 5.91 Å². The van der Waals surface area contributed by atoms with Gasteiger partial charge in [-0.05, 0) is 68.1 Å². The summed E-state index contributed by atoms with van der Waals surface area (Å²) in [5.41, 5.74) is 4.22. The lowest BCUT2D eigenvalue weighted by Gasteiger charge is -2.55. The largest absolute Gasteiger partial charge is 0.392 e. The Morgan fingerprint density at radius 3 is 2.47 bits per heavy atom. The number of hydrogen-bond acceptors (Lipinski definition) is 3. The molecule has 0 saturated heterocycles. The van der Waals surface area contributed by atoms with Crippen molar-refractivity contribution in [3.8, 4) is 11.3 Å². The standard InChI is InChI=1S/C27H29N3O2/c31-24(16-22-20-8-4-5-9-21(20)23-17-28-18-30(22)23)26-10-13-27(14-11-26,15-12-26)29-25(32)19-6-2-1-3-7-19/h1-9,17-18,22,24,31H,10-16H2,(H,29,32). The SMILES string of the molecule is O=C(NC12CCC(C(O)CC3c4ccccc4-c4cncn43)(CC1)CC2)c1ccccc1. The van der Waals surface area contributed by atoms with Crippen LogP contribution in [-0.2, 0) is 0 Å². The number of carbonyl (C=O) groups is 1. The van der Waals surface area contributed by atoms with Gasteiger partial charge in [-0.3, -0.25) is 4.79 Å². The number of nitrogens with one attached hydrogen (secondary N) is 1. The Bertz CT molecular complexity index is 1130. The highest BCUT2D eigenvalue weighted by molar-refractivity contribution is 5.94. The van der Waals surface area contributed by atoms with E-state index >= 15 is 0 Å². The fourth-order valence-corrected chi connectivity index (χ4v) is 6.44. The highest BCUT2D eigenvalue weighted by atomic mass is 16.3. The molecule has 0 radical (unpaired) electrons. The summed E-state index contributed by atoms with van der Waals surface area (Å²) in [5, 5.41) is 14.9. The zero-order valence-corrected chi connectivity index (χ0v) is 18.2. The number of nitrogens with zero attached hydrogens (tertiary/aromatic N) is 2. The van der Waals surface area contributed by atoms with E-state index in [-0.39, 0.29) is 29.0 Å². The predicted octanol–water partition coefficient (Wildman–Crippen LogP) is 4.73. The number of imidazole rings is 1. The molecule has 3 aromatic rings. The van der Waals surface area contributed by atoms with Crippen molar-refractivity contribution in [1.82, 2.24) is 14.9 Å². The molecule has 2 heterocycles. The molecule has 1 aliphatic heterocycles. The zero-order valence-electron chi connectivity index (χ0n) is 18.2. The third-order valence-corrected chi connectivity index (χ3v) is 8.47. The van der Waals surface area contributed by atoms with E-state index in [1.165, 1.54) is 11.1 Å². The molecule has 2 aromatic carbocycles. The third-order valence-electron chi connectivity index (χ3n) is 8.47. The third kappa shape index (κ3) is 3.02. The number of aliphatic hydroxyl groups excluding tert-OH is 1. The first kappa shape index (κ1) is 19.7. The first-order valence-corrected chi connectivity index (χ1v) is 11.8. The van der Waals surface area contributed by atoms with Gasteiger partial charge in [0.2, 0.25) is 0 Å². The van der Waals surface area contributed by atoms with Gasteiger partial charge >= 0.3 is 0 Å². The van der Waals surface area contributed by atoms with E-state index in [0.29, 0.717) is 6.42 Å². The quantitative estimate of drug-likeness (QED) is 0.619. The summed E-state index contributed by atoms with van der Waals surface area (Å²) in [6.45, 7) is 0. The summed E-state index contributed by atoms with van der Waals surface area (Å²) in [6, 6.07) is 18.1. The topological polar surface area (TPSA) is 67.2 Å². The van der Waals surface area contributed by atoms with Gasteiger partial charge in [0.05, 0.1) is 30.4 Å². The van der Waals surface area contributed by atoms with Gasteiger partial charge in [-0.1, -0.05) is 42.5 Å². The van der Waals surface area contributed by atoms with E-state index in [4.69, 9.17) is 0 Å². The summed E-state index contributed by atoms with van der Waals surface area (Å²) in [4.78, 5) is 17.1. The highest BCUT2D eigenvalue weighted by Crippen LogP contribution is 2.56. The lowest BCUT2D eigenvalue weighted by Crippen LogP contribution is -2.59. The number of aliphatic hydroxyl groups is 1. The average Bonchev–Trinajstić information content (AvgIpc) is 3.43. The van der Waals surface area contributed by atoms with Crippen LogP contribution in [0.1, 0.15) is 66.9 Å². The molecule has 164 valence electrons. The average molecular weight is 428 g/mol. The summed E-state index contributed by atoms with van der Waals surface area (Å²) < 4.78 is 2.22. The van der Waals surface area contributed by atoms with E-state index in [1.54, 1.807) is 0 Å². The summed E-state index contributed by atoms with van der Waals surface area (Å²) in [5.74, 6) is 0.0238. The molecule has 0 spiro atoms. The van der Waals surface area contributed by atoms with Crippen LogP contribution in [0, 0.1) is 5.41 Å². The number of hydrogen-bond donors (Lipinski definition) is 2. The molecule has 2 N–H and O–H groups in total. The maximum atomic E-state index is 12.8. The molecule has 1 amide bonds. The molecule has 3 aliphatic carbocycles. The van der Waals surface area contributed by atoms with E-state index in [9.17, 15) is 9.90 Å². The van der Waals surface area contributed by atoms with E-state index in [0.717, 1.165) is 49.8 Å². The Labute approximate surface area is 188 Å². The van der Waals surface area contributed by atoms with Gasteiger partial charge in [0.15, 0.2) is 0 Å². The minimum absolute atomic E-state index is 0.0238. The van der Waals surface area contributed by atoms with Gasteiger partial charge in [-0.25, -0.2) is 4.98 Å². The molecule has 5 nitrogen and oxygen atoms in total. The Hall–Kier alpha value is -2.92. The van der Waals surface area contributed by atoms with Gasteiger partial charge in [-0.15, -0.1) is 0 Å². The second kappa shape index (κ2) is 7.31. The lowest BCUT2D eigenvalue weighted by molar-refractivity contribution is -0.0741. The molecule has 3 fully saturated rings. The van der Waals surface area contributed by atoms with E-state index in [2.05, 4.69) is 39.1 Å². The lowest BCUT2D eigenvalue weighted by atomic mass is 9.54. The van der Waals surface area contributed by atoms with Crippen LogP contribution in [0.5, 0.6) is 0 Å². The van der Waals surface area contributed by atoms with Crippen LogP contribution in [0.4, 0.5) is 0 Å². The molecule has 4 aliphatic rings. The fourth-order valence-electron chi connectivity index (χ4n) is 6.44. The van der Waals surface area contributed by atoms with Crippen LogP contribution in [-0.4, -0.2) is 32.2 Å². The summed E-state index contributed by atoms with van der Waals surface area (Å²) in [7, 11) is 0. The molecule has 7 rings (SSSR count). The molecule has 2 atom stereocenters. The molecule has 3 saturated carbocycles. The molecule has 2 bridgehead atoms. The second-order valence-electron chi connectivity index (χ2n) is 10.0. The minimum atomic E-state index is -0.364. The van der Waals surface area contributed by atoms with Gasteiger partial charge in [0.1, 0.15) is 0 Å². The van der Waals surface area contributed by atoms with E-state index in [1.807, 2.05) is 42.9 Å². The van der Waals surface area contributed by atoms with Gasteiger partial charge in [0.25, 0.3) is 5.91 Å². The number of rotatable bonds is 5. The minimum Gasteiger partial charge on any atom is -0.392 e. The van der Waals surface area contributed by atoms with Crippen LogP contribution in [0.25, 0.3) is 11.3 Å². The van der Waals surface area contributed by atoms with Crippen LogP contribution in [0.15, 0.2) is 67.1 Å². The highest BCUT2D eigenvalue weighted by Gasteiger charge is 2.53. The van der Waals surface area contributed by atoms with Gasteiger partial charge < -0.3 is 15.0 Å². The predicted molar refractivity (Wildman–Crippen MR) is 123 cm³/mol. The van der Waals surface area contributed by atoms with Gasteiger partial charge in [0, 0.05) is 16.7 Å². The Morgan fingerprint density at radius 2 is 1.72 bits per heavy atom. The van der Waals surface area contributed by atoms with Crippen molar-refractivity contribution in [3.63, 3.8) is 0 Å². The maximum Gasteiger partial charge on any atom is 0.251 e. The maximum absolute atomic E-state index is 12.8. The number of benzene rings is 2. The van der Waals surface area contributed by atoms with Gasteiger partial charge in [-0.2, -0.15) is 0 Å². The summed E-state index contributed by atoms with van der Waals surface area (Å²) >= 11 is 0.